The van der Waals surface area contributed by atoms with Gasteiger partial charge < -0.3 is 10.6 Å². The fraction of sp³-hybridized carbons (Fsp3) is 0.920. The van der Waals surface area contributed by atoms with E-state index in [1.807, 2.05) is 0 Å². The summed E-state index contributed by atoms with van der Waals surface area (Å²) in [4.78, 5) is 29.7. The van der Waals surface area contributed by atoms with Crippen LogP contribution in [-0.2, 0) is 9.59 Å². The van der Waals surface area contributed by atoms with Gasteiger partial charge >= 0.3 is 0 Å². The van der Waals surface area contributed by atoms with E-state index in [4.69, 9.17) is 0 Å². The summed E-state index contributed by atoms with van der Waals surface area (Å²) in [6, 6.07) is 0.738. The summed E-state index contributed by atoms with van der Waals surface area (Å²) in [7, 11) is 0. The lowest BCUT2D eigenvalue weighted by Gasteiger charge is -2.25. The minimum atomic E-state index is 0.182. The van der Waals surface area contributed by atoms with E-state index in [0.717, 1.165) is 58.3 Å². The summed E-state index contributed by atoms with van der Waals surface area (Å²) in [6.45, 7) is 4.62. The highest BCUT2D eigenvalue weighted by molar-refractivity contribution is 5.78. The third kappa shape index (κ3) is 9.90. The van der Waals surface area contributed by atoms with Gasteiger partial charge in [-0.05, 0) is 45.2 Å². The number of amides is 2. The van der Waals surface area contributed by atoms with Crippen LogP contribution in [0.2, 0.25) is 0 Å². The van der Waals surface area contributed by atoms with Crippen LogP contribution in [0.25, 0.3) is 0 Å². The summed E-state index contributed by atoms with van der Waals surface area (Å²) in [5.74, 6) is 0.363. The van der Waals surface area contributed by atoms with Gasteiger partial charge in [0.05, 0.1) is 13.1 Å². The van der Waals surface area contributed by atoms with Gasteiger partial charge in [-0.15, -0.1) is 0 Å². The van der Waals surface area contributed by atoms with E-state index in [9.17, 15) is 9.59 Å². The molecule has 1 heterocycles. The lowest BCUT2D eigenvalue weighted by Crippen LogP contribution is -2.44. The summed E-state index contributed by atoms with van der Waals surface area (Å²) in [5, 5.41) is 6.59. The van der Waals surface area contributed by atoms with Crippen molar-refractivity contribution in [1.82, 2.24) is 20.4 Å². The Labute approximate surface area is 189 Å². The monoisotopic (exact) mass is 434 g/mol. The lowest BCUT2D eigenvalue weighted by molar-refractivity contribution is -0.124. The van der Waals surface area contributed by atoms with Crippen molar-refractivity contribution < 1.29 is 9.59 Å². The second-order valence-electron chi connectivity index (χ2n) is 10.1. The molecule has 3 rings (SSSR count). The zero-order valence-electron chi connectivity index (χ0n) is 19.7. The van der Waals surface area contributed by atoms with Crippen molar-refractivity contribution in [3.8, 4) is 0 Å². The summed E-state index contributed by atoms with van der Waals surface area (Å²) < 4.78 is 0. The molecule has 3 fully saturated rings. The Bertz CT molecular complexity index is 480. The van der Waals surface area contributed by atoms with E-state index >= 15 is 0 Å². The molecule has 0 spiro atoms. The van der Waals surface area contributed by atoms with Crippen molar-refractivity contribution in [2.24, 2.45) is 0 Å². The van der Waals surface area contributed by atoms with Gasteiger partial charge in [0.1, 0.15) is 0 Å². The first-order valence-electron chi connectivity index (χ1n) is 13.2. The maximum absolute atomic E-state index is 12.6. The smallest absolute Gasteiger partial charge is 0.234 e. The van der Waals surface area contributed by atoms with Crippen molar-refractivity contribution in [1.29, 1.82) is 0 Å². The molecular weight excluding hydrogens is 388 g/mol. The molecule has 1 aliphatic heterocycles. The molecule has 2 aliphatic carbocycles. The van der Waals surface area contributed by atoms with Crippen LogP contribution in [0.4, 0.5) is 0 Å². The zero-order valence-corrected chi connectivity index (χ0v) is 19.7. The first-order valence-corrected chi connectivity index (χ1v) is 13.2. The van der Waals surface area contributed by atoms with Crippen molar-refractivity contribution in [2.75, 3.05) is 39.3 Å². The van der Waals surface area contributed by atoms with Gasteiger partial charge in [-0.1, -0.05) is 64.2 Å². The fourth-order valence-corrected chi connectivity index (χ4v) is 5.49. The molecule has 3 aliphatic rings. The lowest BCUT2D eigenvalue weighted by atomic mass is 9.97. The van der Waals surface area contributed by atoms with Gasteiger partial charge in [0.25, 0.3) is 0 Å². The standard InChI is InChI=1S/C25H46N4O2/c30-24(26-22-12-7-3-1-4-8-13-22)20-28-16-11-17-29(19-18-28)21-25(31)27-23-14-9-5-2-6-10-15-23/h22-23H,1-21H2,(H,26,30)(H,27,31). The maximum Gasteiger partial charge on any atom is 0.234 e. The van der Waals surface area contributed by atoms with Gasteiger partial charge in [0.2, 0.25) is 11.8 Å². The number of rotatable bonds is 6. The van der Waals surface area contributed by atoms with Gasteiger partial charge in [-0.3, -0.25) is 19.4 Å². The molecule has 0 unspecified atom stereocenters. The molecule has 2 saturated carbocycles. The summed E-state index contributed by atoms with van der Waals surface area (Å²) in [5.41, 5.74) is 0. The molecule has 0 aromatic carbocycles. The Kier molecular flexibility index (Phi) is 11.1. The van der Waals surface area contributed by atoms with Crippen LogP contribution in [-0.4, -0.2) is 73.0 Å². The van der Waals surface area contributed by atoms with Crippen molar-refractivity contribution in [3.63, 3.8) is 0 Å². The second kappa shape index (κ2) is 14.1. The van der Waals surface area contributed by atoms with Crippen LogP contribution in [0, 0.1) is 0 Å². The van der Waals surface area contributed by atoms with E-state index in [1.54, 1.807) is 0 Å². The molecule has 2 N–H and O–H groups in total. The van der Waals surface area contributed by atoms with Gasteiger partial charge in [0, 0.05) is 25.2 Å². The summed E-state index contributed by atoms with van der Waals surface area (Å²) >= 11 is 0. The van der Waals surface area contributed by atoms with Crippen molar-refractivity contribution >= 4 is 11.8 Å². The maximum atomic E-state index is 12.6. The Morgan fingerprint density at radius 2 is 0.871 bits per heavy atom. The molecule has 0 bridgehead atoms. The molecule has 0 aromatic heterocycles. The van der Waals surface area contributed by atoms with Crippen LogP contribution in [0.5, 0.6) is 0 Å². The number of hydrogen-bond donors (Lipinski definition) is 2. The van der Waals surface area contributed by atoms with E-state index in [0.29, 0.717) is 25.2 Å². The fourth-order valence-electron chi connectivity index (χ4n) is 5.49. The zero-order chi connectivity index (χ0) is 21.7. The van der Waals surface area contributed by atoms with E-state index < -0.39 is 0 Å². The quantitative estimate of drug-likeness (QED) is 0.672. The molecule has 178 valence electrons. The van der Waals surface area contributed by atoms with Gasteiger partial charge in [-0.25, -0.2) is 0 Å². The predicted octanol–water partition coefficient (Wildman–Crippen LogP) is 3.45. The third-order valence-electron chi connectivity index (χ3n) is 7.36. The number of hydrogen-bond acceptors (Lipinski definition) is 4. The number of carbonyl (C=O) groups excluding carboxylic acids is 2. The van der Waals surface area contributed by atoms with Crippen LogP contribution in [0.15, 0.2) is 0 Å². The number of nitrogens with zero attached hydrogens (tertiary/aromatic N) is 2. The third-order valence-corrected chi connectivity index (χ3v) is 7.36. The number of carbonyl (C=O) groups is 2. The van der Waals surface area contributed by atoms with E-state index in [-0.39, 0.29) is 11.8 Å². The van der Waals surface area contributed by atoms with Crippen LogP contribution >= 0.6 is 0 Å². The predicted molar refractivity (Wildman–Crippen MR) is 126 cm³/mol. The largest absolute Gasteiger partial charge is 0.352 e. The average molecular weight is 435 g/mol. The average Bonchev–Trinajstić information content (AvgIpc) is 2.91. The van der Waals surface area contributed by atoms with Crippen LogP contribution < -0.4 is 10.6 Å². The Balaban J connectivity index is 1.34. The highest BCUT2D eigenvalue weighted by Crippen LogP contribution is 2.18. The molecule has 2 amide bonds. The molecule has 6 nitrogen and oxygen atoms in total. The highest BCUT2D eigenvalue weighted by Gasteiger charge is 2.21. The second-order valence-corrected chi connectivity index (χ2v) is 10.1. The first-order chi connectivity index (χ1) is 15.2. The molecule has 0 radical (unpaired) electrons. The van der Waals surface area contributed by atoms with Crippen LogP contribution in [0.1, 0.15) is 96.3 Å². The molecule has 1 saturated heterocycles. The van der Waals surface area contributed by atoms with Gasteiger partial charge in [0.15, 0.2) is 0 Å². The molecule has 31 heavy (non-hydrogen) atoms. The Morgan fingerprint density at radius 3 is 1.26 bits per heavy atom. The Hall–Kier alpha value is -1.14. The minimum Gasteiger partial charge on any atom is -0.352 e. The summed E-state index contributed by atoms with van der Waals surface area (Å²) in [6.07, 6.45) is 18.5. The van der Waals surface area contributed by atoms with Crippen molar-refractivity contribution in [3.05, 3.63) is 0 Å². The molecule has 6 heteroatoms. The Morgan fingerprint density at radius 1 is 0.516 bits per heavy atom. The molecule has 0 aromatic rings. The molecule has 0 atom stereocenters. The van der Waals surface area contributed by atoms with Gasteiger partial charge in [-0.2, -0.15) is 0 Å². The topological polar surface area (TPSA) is 64.7 Å². The van der Waals surface area contributed by atoms with E-state index in [1.165, 1.54) is 64.2 Å². The SMILES string of the molecule is O=C(CN1CCCN(CC(=O)NC2CCCCCCC2)CC1)NC1CCCCCCC1. The highest BCUT2D eigenvalue weighted by atomic mass is 16.2. The minimum absolute atomic E-state index is 0.182. The first kappa shape index (κ1) is 24.5. The normalized spacial score (nSPS) is 24.3. The van der Waals surface area contributed by atoms with Crippen LogP contribution in [0.3, 0.4) is 0 Å². The number of nitrogens with one attached hydrogen (secondary N) is 2. The van der Waals surface area contributed by atoms with Crippen molar-refractivity contribution in [2.45, 2.75) is 108 Å². The van der Waals surface area contributed by atoms with E-state index in [2.05, 4.69) is 20.4 Å². The molecular formula is C25H46N4O2.